The van der Waals surface area contributed by atoms with Gasteiger partial charge in [-0.25, -0.2) is 8.42 Å². The quantitative estimate of drug-likeness (QED) is 0.507. The van der Waals surface area contributed by atoms with E-state index in [1.54, 1.807) is 12.1 Å². The van der Waals surface area contributed by atoms with E-state index in [0.29, 0.717) is 0 Å². The Hall–Kier alpha value is -2.61. The highest BCUT2D eigenvalue weighted by molar-refractivity contribution is 7.92. The molecule has 2 N–H and O–H groups in total. The van der Waals surface area contributed by atoms with E-state index in [1.165, 1.54) is 6.07 Å². The number of phenolic OH excluding ortho intramolecular Hbond substituents is 1. The van der Waals surface area contributed by atoms with Gasteiger partial charge in [-0.2, -0.15) is 0 Å². The summed E-state index contributed by atoms with van der Waals surface area (Å²) in [5.74, 6) is -0.375. The van der Waals surface area contributed by atoms with E-state index in [2.05, 4.69) is 4.72 Å². The Kier molecular flexibility index (Phi) is 3.69. The third kappa shape index (κ3) is 2.98. The fourth-order valence-electron chi connectivity index (χ4n) is 2.64. The molecule has 2 aromatic rings. The van der Waals surface area contributed by atoms with E-state index in [4.69, 9.17) is 0 Å². The second-order valence-electron chi connectivity index (χ2n) is 5.35. The summed E-state index contributed by atoms with van der Waals surface area (Å²) in [4.78, 5) is 10.2. The Morgan fingerprint density at radius 3 is 2.57 bits per heavy atom. The van der Waals surface area contributed by atoms with Crippen molar-refractivity contribution in [2.75, 3.05) is 4.72 Å². The normalized spacial score (nSPS) is 13.6. The second kappa shape index (κ2) is 5.54. The van der Waals surface area contributed by atoms with Crippen LogP contribution >= 0.6 is 0 Å². The summed E-state index contributed by atoms with van der Waals surface area (Å²) in [7, 11) is -3.93. The molecule has 3 rings (SSSR count). The predicted molar refractivity (Wildman–Crippen MR) is 84.0 cm³/mol. The number of hydrogen-bond acceptors (Lipinski definition) is 5. The molecule has 0 bridgehead atoms. The molecular weight excluding hydrogens is 320 g/mol. The SMILES string of the molecule is O=[N+]([O-])c1ccc(O)c(NS(=O)(=O)c2ccc3c(c2)CCC3)c1. The molecule has 23 heavy (non-hydrogen) atoms. The van der Waals surface area contributed by atoms with Gasteiger partial charge in [0.1, 0.15) is 5.75 Å². The Bertz CT molecular complexity index is 893. The highest BCUT2D eigenvalue weighted by atomic mass is 32.2. The van der Waals surface area contributed by atoms with Gasteiger partial charge in [-0.1, -0.05) is 6.07 Å². The summed E-state index contributed by atoms with van der Waals surface area (Å²) in [5.41, 5.74) is 1.60. The maximum Gasteiger partial charge on any atom is 0.271 e. The van der Waals surface area contributed by atoms with E-state index in [-0.39, 0.29) is 22.0 Å². The second-order valence-corrected chi connectivity index (χ2v) is 7.03. The summed E-state index contributed by atoms with van der Waals surface area (Å²) < 4.78 is 27.1. The van der Waals surface area contributed by atoms with Crippen LogP contribution in [0.3, 0.4) is 0 Å². The van der Waals surface area contributed by atoms with Crippen LogP contribution in [0.1, 0.15) is 17.5 Å². The van der Waals surface area contributed by atoms with Crippen LogP contribution in [0.4, 0.5) is 11.4 Å². The van der Waals surface area contributed by atoms with Crippen LogP contribution in [-0.2, 0) is 22.9 Å². The molecule has 8 heteroatoms. The maximum atomic E-state index is 12.4. The van der Waals surface area contributed by atoms with Crippen LogP contribution in [-0.4, -0.2) is 18.4 Å². The number of nitrogens with zero attached hydrogens (tertiary/aromatic N) is 1. The number of nitro groups is 1. The number of hydrogen-bond donors (Lipinski definition) is 2. The van der Waals surface area contributed by atoms with Crippen molar-refractivity contribution in [2.45, 2.75) is 24.2 Å². The van der Waals surface area contributed by atoms with Gasteiger partial charge in [0.25, 0.3) is 15.7 Å². The number of rotatable bonds is 4. The molecule has 0 unspecified atom stereocenters. The summed E-state index contributed by atoms with van der Waals surface area (Å²) in [6.07, 6.45) is 2.77. The number of phenols is 1. The highest BCUT2D eigenvalue weighted by Crippen LogP contribution is 2.31. The lowest BCUT2D eigenvalue weighted by Gasteiger charge is -2.10. The van der Waals surface area contributed by atoms with Gasteiger partial charge in [0.15, 0.2) is 0 Å². The molecule has 1 aliphatic rings. The molecule has 0 amide bonds. The number of nitro benzene ring substituents is 1. The predicted octanol–water partition coefficient (Wildman–Crippen LogP) is 2.59. The molecule has 0 atom stereocenters. The number of non-ortho nitro benzene ring substituents is 1. The van der Waals surface area contributed by atoms with Crippen LogP contribution in [0.5, 0.6) is 5.75 Å². The molecular formula is C15H14N2O5S. The van der Waals surface area contributed by atoms with Gasteiger partial charge in [-0.3, -0.25) is 14.8 Å². The molecule has 0 saturated carbocycles. The number of sulfonamides is 1. The lowest BCUT2D eigenvalue weighted by Crippen LogP contribution is -2.13. The maximum absolute atomic E-state index is 12.4. The molecule has 0 aromatic heterocycles. The van der Waals surface area contributed by atoms with E-state index in [0.717, 1.165) is 48.6 Å². The van der Waals surface area contributed by atoms with E-state index in [9.17, 15) is 23.6 Å². The zero-order valence-electron chi connectivity index (χ0n) is 12.0. The minimum atomic E-state index is -3.93. The van der Waals surface area contributed by atoms with Gasteiger partial charge in [0.05, 0.1) is 15.5 Å². The van der Waals surface area contributed by atoms with Crippen molar-refractivity contribution >= 4 is 21.4 Å². The zero-order chi connectivity index (χ0) is 16.6. The van der Waals surface area contributed by atoms with Crippen molar-refractivity contribution in [3.63, 3.8) is 0 Å². The third-order valence-corrected chi connectivity index (χ3v) is 5.18. The number of aryl methyl sites for hydroxylation is 2. The van der Waals surface area contributed by atoms with Gasteiger partial charge in [-0.15, -0.1) is 0 Å². The van der Waals surface area contributed by atoms with Gasteiger partial charge in [0.2, 0.25) is 0 Å². The van der Waals surface area contributed by atoms with E-state index < -0.39 is 14.9 Å². The summed E-state index contributed by atoms with van der Waals surface area (Å²) in [6.45, 7) is 0. The lowest BCUT2D eigenvalue weighted by atomic mass is 10.1. The standard InChI is InChI=1S/C15H14N2O5S/c18-15-7-5-12(17(19)20)9-14(15)16-23(21,22)13-6-4-10-2-1-3-11(10)8-13/h4-9,16,18H,1-3H2. The topological polar surface area (TPSA) is 110 Å². The molecule has 0 fully saturated rings. The zero-order valence-corrected chi connectivity index (χ0v) is 12.8. The first-order valence-corrected chi connectivity index (χ1v) is 8.47. The number of fused-ring (bicyclic) bond motifs is 1. The highest BCUT2D eigenvalue weighted by Gasteiger charge is 2.21. The van der Waals surface area contributed by atoms with Crippen molar-refractivity contribution in [3.05, 3.63) is 57.6 Å². The fraction of sp³-hybridized carbons (Fsp3) is 0.200. The van der Waals surface area contributed by atoms with Gasteiger partial charge in [0, 0.05) is 12.1 Å². The van der Waals surface area contributed by atoms with Crippen LogP contribution in [0.15, 0.2) is 41.3 Å². The monoisotopic (exact) mass is 334 g/mol. The summed E-state index contributed by atoms with van der Waals surface area (Å²) in [5, 5.41) is 20.5. The number of aromatic hydroxyl groups is 1. The minimum Gasteiger partial charge on any atom is -0.506 e. The Labute approximate surface area is 132 Å². The largest absolute Gasteiger partial charge is 0.506 e. The first-order chi connectivity index (χ1) is 10.9. The molecule has 0 saturated heterocycles. The van der Waals surface area contributed by atoms with Gasteiger partial charge < -0.3 is 5.11 Å². The van der Waals surface area contributed by atoms with Crippen LogP contribution in [0, 0.1) is 10.1 Å². The summed E-state index contributed by atoms with van der Waals surface area (Å²) >= 11 is 0. The van der Waals surface area contributed by atoms with Crippen LogP contribution < -0.4 is 4.72 Å². The Morgan fingerprint density at radius 1 is 1.09 bits per heavy atom. The van der Waals surface area contributed by atoms with Crippen molar-refractivity contribution in [2.24, 2.45) is 0 Å². The van der Waals surface area contributed by atoms with Crippen LogP contribution in [0.25, 0.3) is 0 Å². The smallest absolute Gasteiger partial charge is 0.271 e. The molecule has 0 heterocycles. The van der Waals surface area contributed by atoms with Crippen molar-refractivity contribution in [3.8, 4) is 5.75 Å². The average Bonchev–Trinajstić information content (AvgIpc) is 2.96. The molecule has 0 spiro atoms. The van der Waals surface area contributed by atoms with E-state index in [1.807, 2.05) is 0 Å². The third-order valence-electron chi connectivity index (χ3n) is 3.82. The number of benzene rings is 2. The molecule has 120 valence electrons. The van der Waals surface area contributed by atoms with Gasteiger partial charge >= 0.3 is 0 Å². The molecule has 0 aliphatic heterocycles. The van der Waals surface area contributed by atoms with Crippen molar-refractivity contribution < 1.29 is 18.4 Å². The summed E-state index contributed by atoms with van der Waals surface area (Å²) in [6, 6.07) is 8.06. The Morgan fingerprint density at radius 2 is 1.83 bits per heavy atom. The van der Waals surface area contributed by atoms with Crippen LogP contribution in [0.2, 0.25) is 0 Å². The first kappa shape index (κ1) is 15.3. The fourth-order valence-corrected chi connectivity index (χ4v) is 3.75. The molecule has 0 radical (unpaired) electrons. The molecule has 1 aliphatic carbocycles. The average molecular weight is 334 g/mol. The number of nitrogens with one attached hydrogen (secondary N) is 1. The number of anilines is 1. The lowest BCUT2D eigenvalue weighted by molar-refractivity contribution is -0.384. The van der Waals surface area contributed by atoms with Crippen molar-refractivity contribution in [1.82, 2.24) is 0 Å². The Balaban J connectivity index is 1.95. The molecule has 2 aromatic carbocycles. The van der Waals surface area contributed by atoms with Gasteiger partial charge in [-0.05, 0) is 48.6 Å². The first-order valence-electron chi connectivity index (χ1n) is 6.99. The van der Waals surface area contributed by atoms with Crippen molar-refractivity contribution in [1.29, 1.82) is 0 Å². The molecule has 7 nitrogen and oxygen atoms in total. The van der Waals surface area contributed by atoms with E-state index >= 15 is 0 Å². The minimum absolute atomic E-state index is 0.0732.